The van der Waals surface area contributed by atoms with Gasteiger partial charge in [-0.1, -0.05) is 6.92 Å². The summed E-state index contributed by atoms with van der Waals surface area (Å²) in [5.74, 6) is 1.53. The lowest BCUT2D eigenvalue weighted by Crippen LogP contribution is -2.33. The van der Waals surface area contributed by atoms with E-state index < -0.39 is 0 Å². The number of hydrogen-bond donors (Lipinski definition) is 0. The molecule has 0 spiro atoms. The highest BCUT2D eigenvalue weighted by molar-refractivity contribution is 5.18. The van der Waals surface area contributed by atoms with Crippen molar-refractivity contribution in [2.75, 3.05) is 13.1 Å². The predicted octanol–water partition coefficient (Wildman–Crippen LogP) is 2.89. The van der Waals surface area contributed by atoms with Crippen LogP contribution in [-0.4, -0.2) is 33.6 Å². The number of ether oxygens (including phenoxy) is 1. The van der Waals surface area contributed by atoms with Crippen molar-refractivity contribution in [1.82, 2.24) is 14.9 Å². The second-order valence-electron chi connectivity index (χ2n) is 6.48. The molecular formula is C15H25N3O. The van der Waals surface area contributed by atoms with E-state index in [1.807, 2.05) is 20.8 Å². The van der Waals surface area contributed by atoms with Crippen LogP contribution in [0, 0.1) is 5.92 Å². The molecule has 0 unspecified atom stereocenters. The fraction of sp³-hybridized carbons (Fsp3) is 0.733. The number of piperidine rings is 1. The molecule has 0 aliphatic carbocycles. The minimum absolute atomic E-state index is 0.235. The van der Waals surface area contributed by atoms with E-state index in [0.717, 1.165) is 31.2 Å². The number of nitrogens with zero attached hydrogens (tertiary/aromatic N) is 3. The minimum atomic E-state index is -0.235. The van der Waals surface area contributed by atoms with Gasteiger partial charge in [0.2, 0.25) is 5.88 Å². The minimum Gasteiger partial charge on any atom is -0.471 e. The summed E-state index contributed by atoms with van der Waals surface area (Å²) in [5, 5.41) is 0. The van der Waals surface area contributed by atoms with E-state index in [1.54, 1.807) is 12.4 Å². The van der Waals surface area contributed by atoms with E-state index in [2.05, 4.69) is 21.8 Å². The molecule has 0 amide bonds. The number of rotatable bonds is 3. The molecule has 2 heterocycles. The topological polar surface area (TPSA) is 38.2 Å². The molecule has 0 radical (unpaired) electrons. The molecule has 1 aromatic heterocycles. The normalized spacial score (nSPS) is 18.5. The zero-order valence-corrected chi connectivity index (χ0v) is 12.5. The average molecular weight is 263 g/mol. The van der Waals surface area contributed by atoms with Gasteiger partial charge in [-0.2, -0.15) is 0 Å². The molecule has 106 valence electrons. The number of hydrogen-bond acceptors (Lipinski definition) is 4. The third kappa shape index (κ3) is 4.46. The maximum absolute atomic E-state index is 5.90. The van der Waals surface area contributed by atoms with Crippen LogP contribution in [-0.2, 0) is 6.54 Å². The second kappa shape index (κ2) is 5.87. The molecule has 1 aliphatic rings. The van der Waals surface area contributed by atoms with Crippen LogP contribution in [0.25, 0.3) is 0 Å². The van der Waals surface area contributed by atoms with Gasteiger partial charge >= 0.3 is 0 Å². The van der Waals surface area contributed by atoms with Gasteiger partial charge in [-0.15, -0.1) is 0 Å². The molecule has 1 aliphatic heterocycles. The van der Waals surface area contributed by atoms with Crippen LogP contribution in [0.15, 0.2) is 12.4 Å². The summed E-state index contributed by atoms with van der Waals surface area (Å²) in [5.41, 5.74) is 0.716. The fourth-order valence-electron chi connectivity index (χ4n) is 2.27. The van der Waals surface area contributed by atoms with Gasteiger partial charge in [0.25, 0.3) is 0 Å². The van der Waals surface area contributed by atoms with E-state index in [9.17, 15) is 0 Å². The first-order valence-corrected chi connectivity index (χ1v) is 7.15. The largest absolute Gasteiger partial charge is 0.471 e. The smallest absolute Gasteiger partial charge is 0.237 e. The highest BCUT2D eigenvalue weighted by Crippen LogP contribution is 2.22. The first kappa shape index (κ1) is 14.3. The van der Waals surface area contributed by atoms with Crippen molar-refractivity contribution < 1.29 is 4.74 Å². The summed E-state index contributed by atoms with van der Waals surface area (Å²) >= 11 is 0. The Kier molecular flexibility index (Phi) is 4.40. The zero-order chi connectivity index (χ0) is 13.9. The van der Waals surface area contributed by atoms with Crippen molar-refractivity contribution in [2.45, 2.75) is 52.7 Å². The molecule has 0 atom stereocenters. The van der Waals surface area contributed by atoms with E-state index in [-0.39, 0.29) is 5.60 Å². The number of likely N-dealkylation sites (tertiary alicyclic amines) is 1. The molecule has 1 saturated heterocycles. The van der Waals surface area contributed by atoms with Gasteiger partial charge in [-0.05, 0) is 52.6 Å². The summed E-state index contributed by atoms with van der Waals surface area (Å²) in [6, 6.07) is 0. The first-order valence-electron chi connectivity index (χ1n) is 7.15. The second-order valence-corrected chi connectivity index (χ2v) is 6.48. The molecule has 0 saturated carbocycles. The highest BCUT2D eigenvalue weighted by Gasteiger charge is 2.20. The van der Waals surface area contributed by atoms with Gasteiger partial charge in [0.1, 0.15) is 11.3 Å². The lowest BCUT2D eigenvalue weighted by Gasteiger charge is -2.30. The van der Waals surface area contributed by atoms with Crippen molar-refractivity contribution >= 4 is 0 Å². The van der Waals surface area contributed by atoms with E-state index in [1.165, 1.54) is 12.8 Å². The van der Waals surface area contributed by atoms with E-state index in [0.29, 0.717) is 5.88 Å². The summed E-state index contributed by atoms with van der Waals surface area (Å²) in [6.45, 7) is 11.6. The molecule has 19 heavy (non-hydrogen) atoms. The summed E-state index contributed by atoms with van der Waals surface area (Å²) in [7, 11) is 0. The molecule has 4 heteroatoms. The monoisotopic (exact) mass is 263 g/mol. The third-order valence-electron chi connectivity index (χ3n) is 3.39. The standard InChI is InChI=1S/C15H25N3O/c1-12-5-9-18(10-6-12)11-13-14(17-8-7-16-13)19-15(2,3)4/h7-8,12H,5-6,9-11H2,1-4H3. The maximum Gasteiger partial charge on any atom is 0.237 e. The quantitative estimate of drug-likeness (QED) is 0.840. The molecule has 1 fully saturated rings. The van der Waals surface area contributed by atoms with Crippen LogP contribution in [0.5, 0.6) is 5.88 Å². The van der Waals surface area contributed by atoms with Crippen molar-refractivity contribution in [3.05, 3.63) is 18.1 Å². The summed E-state index contributed by atoms with van der Waals surface area (Å²) < 4.78 is 5.90. The predicted molar refractivity (Wildman–Crippen MR) is 76.1 cm³/mol. The first-order chi connectivity index (χ1) is 8.94. The van der Waals surface area contributed by atoms with Gasteiger partial charge < -0.3 is 4.74 Å². The van der Waals surface area contributed by atoms with Gasteiger partial charge in [0.05, 0.1) is 0 Å². The van der Waals surface area contributed by atoms with Gasteiger partial charge in [0.15, 0.2) is 0 Å². The molecule has 4 nitrogen and oxygen atoms in total. The molecular weight excluding hydrogens is 238 g/mol. The molecule has 0 bridgehead atoms. The third-order valence-corrected chi connectivity index (χ3v) is 3.39. The fourth-order valence-corrected chi connectivity index (χ4v) is 2.27. The molecule has 0 N–H and O–H groups in total. The van der Waals surface area contributed by atoms with Gasteiger partial charge in [-0.3, -0.25) is 9.88 Å². The maximum atomic E-state index is 5.90. The lowest BCUT2D eigenvalue weighted by molar-refractivity contribution is 0.116. The highest BCUT2D eigenvalue weighted by atomic mass is 16.5. The lowest BCUT2D eigenvalue weighted by atomic mass is 9.99. The Labute approximate surface area is 116 Å². The van der Waals surface area contributed by atoms with Crippen molar-refractivity contribution in [3.63, 3.8) is 0 Å². The van der Waals surface area contributed by atoms with Crippen LogP contribution in [0.4, 0.5) is 0 Å². The Bertz CT molecular complexity index is 406. The molecule has 0 aromatic carbocycles. The van der Waals surface area contributed by atoms with E-state index >= 15 is 0 Å². The van der Waals surface area contributed by atoms with Gasteiger partial charge in [0, 0.05) is 18.9 Å². The van der Waals surface area contributed by atoms with Crippen LogP contribution in [0.3, 0.4) is 0 Å². The van der Waals surface area contributed by atoms with Crippen LogP contribution in [0.2, 0.25) is 0 Å². The Morgan fingerprint density at radius 3 is 2.47 bits per heavy atom. The van der Waals surface area contributed by atoms with Crippen molar-refractivity contribution in [1.29, 1.82) is 0 Å². The Balaban J connectivity index is 2.03. The summed E-state index contributed by atoms with van der Waals surface area (Å²) in [4.78, 5) is 11.2. The SMILES string of the molecule is CC1CCN(Cc2nccnc2OC(C)(C)C)CC1. The summed E-state index contributed by atoms with van der Waals surface area (Å²) in [6.07, 6.45) is 5.99. The Hall–Kier alpha value is -1.16. The Morgan fingerprint density at radius 1 is 1.21 bits per heavy atom. The van der Waals surface area contributed by atoms with Crippen molar-refractivity contribution in [2.24, 2.45) is 5.92 Å². The molecule has 1 aromatic rings. The van der Waals surface area contributed by atoms with Gasteiger partial charge in [-0.25, -0.2) is 4.98 Å². The van der Waals surface area contributed by atoms with Crippen molar-refractivity contribution in [3.8, 4) is 5.88 Å². The van der Waals surface area contributed by atoms with Crippen LogP contribution >= 0.6 is 0 Å². The molecule has 2 rings (SSSR count). The van der Waals surface area contributed by atoms with E-state index in [4.69, 9.17) is 4.74 Å². The zero-order valence-electron chi connectivity index (χ0n) is 12.5. The Morgan fingerprint density at radius 2 is 1.84 bits per heavy atom. The number of aromatic nitrogens is 2. The van der Waals surface area contributed by atoms with Crippen LogP contribution in [0.1, 0.15) is 46.2 Å². The van der Waals surface area contributed by atoms with Crippen LogP contribution < -0.4 is 4.74 Å². The average Bonchev–Trinajstić information content (AvgIpc) is 2.33.